The summed E-state index contributed by atoms with van der Waals surface area (Å²) in [6.45, 7) is 5.11. The zero-order valence-electron chi connectivity index (χ0n) is 16.8. The quantitative estimate of drug-likeness (QED) is 0.721. The van der Waals surface area contributed by atoms with Crippen molar-refractivity contribution in [3.8, 4) is 17.2 Å². The molecule has 1 aliphatic carbocycles. The van der Waals surface area contributed by atoms with Gasteiger partial charge in [0, 0.05) is 18.2 Å². The molecule has 0 spiro atoms. The molecule has 2 aliphatic rings. The summed E-state index contributed by atoms with van der Waals surface area (Å²) in [4.78, 5) is 12.4. The SMILES string of the molecule is CCCOc1cc2c(cc1C1(OCCC)c3ccccc3CC1C(=O)O)OCO2. The van der Waals surface area contributed by atoms with E-state index in [-0.39, 0.29) is 6.79 Å². The van der Waals surface area contributed by atoms with Crippen molar-refractivity contribution in [1.29, 1.82) is 0 Å². The van der Waals surface area contributed by atoms with Gasteiger partial charge in [0.15, 0.2) is 11.5 Å². The number of hydrogen-bond acceptors (Lipinski definition) is 5. The Morgan fingerprint density at radius 1 is 1.10 bits per heavy atom. The lowest BCUT2D eigenvalue weighted by Crippen LogP contribution is -2.41. The van der Waals surface area contributed by atoms with Crippen molar-refractivity contribution in [2.24, 2.45) is 5.92 Å². The van der Waals surface area contributed by atoms with E-state index in [0.29, 0.717) is 42.4 Å². The van der Waals surface area contributed by atoms with Crippen LogP contribution in [0.5, 0.6) is 17.2 Å². The van der Waals surface area contributed by atoms with Crippen molar-refractivity contribution in [2.45, 2.75) is 38.7 Å². The Balaban J connectivity index is 1.97. The first-order valence-corrected chi connectivity index (χ1v) is 10.1. The molecule has 1 aliphatic heterocycles. The summed E-state index contributed by atoms with van der Waals surface area (Å²) >= 11 is 0. The van der Waals surface area contributed by atoms with Gasteiger partial charge in [0.05, 0.1) is 12.5 Å². The lowest BCUT2D eigenvalue weighted by molar-refractivity contribution is -0.153. The van der Waals surface area contributed by atoms with Crippen LogP contribution in [0.15, 0.2) is 36.4 Å². The van der Waals surface area contributed by atoms with Gasteiger partial charge in [-0.15, -0.1) is 0 Å². The Morgan fingerprint density at radius 2 is 1.83 bits per heavy atom. The maximum atomic E-state index is 12.4. The molecule has 0 aromatic heterocycles. The summed E-state index contributed by atoms with van der Waals surface area (Å²) in [5.41, 5.74) is 1.39. The van der Waals surface area contributed by atoms with E-state index >= 15 is 0 Å². The number of hydrogen-bond donors (Lipinski definition) is 1. The van der Waals surface area contributed by atoms with Gasteiger partial charge in [-0.2, -0.15) is 0 Å². The lowest BCUT2D eigenvalue weighted by Gasteiger charge is -2.36. The summed E-state index contributed by atoms with van der Waals surface area (Å²) in [5, 5.41) is 10.2. The second-order valence-electron chi connectivity index (χ2n) is 7.39. The van der Waals surface area contributed by atoms with Crippen LogP contribution in [-0.2, 0) is 21.6 Å². The molecule has 2 aromatic carbocycles. The zero-order valence-corrected chi connectivity index (χ0v) is 16.8. The highest BCUT2D eigenvalue weighted by atomic mass is 16.7. The first-order chi connectivity index (χ1) is 14.1. The number of ether oxygens (including phenoxy) is 4. The van der Waals surface area contributed by atoms with Crippen LogP contribution in [0.4, 0.5) is 0 Å². The van der Waals surface area contributed by atoms with Gasteiger partial charge in [0.25, 0.3) is 0 Å². The fourth-order valence-corrected chi connectivity index (χ4v) is 4.27. The summed E-state index contributed by atoms with van der Waals surface area (Å²) in [6.07, 6.45) is 2.00. The van der Waals surface area contributed by atoms with E-state index in [9.17, 15) is 9.90 Å². The fourth-order valence-electron chi connectivity index (χ4n) is 4.27. The number of benzene rings is 2. The van der Waals surface area contributed by atoms with Crippen LogP contribution >= 0.6 is 0 Å². The number of fused-ring (bicyclic) bond motifs is 2. The minimum Gasteiger partial charge on any atom is -0.493 e. The van der Waals surface area contributed by atoms with Crippen molar-refractivity contribution in [1.82, 2.24) is 0 Å². The number of carboxylic acid groups (broad SMARTS) is 1. The summed E-state index contributed by atoms with van der Waals surface area (Å²) < 4.78 is 23.7. The third kappa shape index (κ3) is 3.21. The van der Waals surface area contributed by atoms with Gasteiger partial charge in [-0.3, -0.25) is 4.79 Å². The lowest BCUT2D eigenvalue weighted by atomic mass is 9.79. The molecule has 2 unspecified atom stereocenters. The van der Waals surface area contributed by atoms with Crippen molar-refractivity contribution < 1.29 is 28.8 Å². The van der Waals surface area contributed by atoms with E-state index in [2.05, 4.69) is 0 Å². The predicted octanol–water partition coefficient (Wildman–Crippen LogP) is 4.13. The van der Waals surface area contributed by atoms with E-state index in [1.165, 1.54) is 0 Å². The van der Waals surface area contributed by atoms with Crippen LogP contribution in [0, 0.1) is 5.92 Å². The molecule has 154 valence electrons. The molecule has 6 heteroatoms. The van der Waals surface area contributed by atoms with E-state index < -0.39 is 17.5 Å². The number of carboxylic acids is 1. The minimum atomic E-state index is -1.15. The summed E-state index contributed by atoms with van der Waals surface area (Å²) in [7, 11) is 0. The smallest absolute Gasteiger partial charge is 0.310 e. The highest BCUT2D eigenvalue weighted by molar-refractivity contribution is 5.77. The minimum absolute atomic E-state index is 0.133. The molecule has 0 saturated heterocycles. The van der Waals surface area contributed by atoms with Crippen LogP contribution in [-0.4, -0.2) is 31.1 Å². The summed E-state index contributed by atoms with van der Waals surface area (Å²) in [6, 6.07) is 11.4. The second-order valence-corrected chi connectivity index (χ2v) is 7.39. The molecule has 2 atom stereocenters. The molecule has 1 heterocycles. The third-order valence-electron chi connectivity index (χ3n) is 5.50. The third-order valence-corrected chi connectivity index (χ3v) is 5.50. The van der Waals surface area contributed by atoms with Gasteiger partial charge in [0.2, 0.25) is 6.79 Å². The largest absolute Gasteiger partial charge is 0.493 e. The molecule has 4 rings (SSSR count). The molecular formula is C23H26O6. The molecule has 0 amide bonds. The van der Waals surface area contributed by atoms with Gasteiger partial charge >= 0.3 is 5.97 Å². The maximum Gasteiger partial charge on any atom is 0.310 e. The van der Waals surface area contributed by atoms with Crippen LogP contribution in [0.1, 0.15) is 43.4 Å². The van der Waals surface area contributed by atoms with E-state index in [4.69, 9.17) is 18.9 Å². The Morgan fingerprint density at radius 3 is 2.55 bits per heavy atom. The molecule has 0 bridgehead atoms. The van der Waals surface area contributed by atoms with Gasteiger partial charge in [-0.25, -0.2) is 0 Å². The molecule has 29 heavy (non-hydrogen) atoms. The molecule has 0 saturated carbocycles. The van der Waals surface area contributed by atoms with Crippen LogP contribution in [0.25, 0.3) is 0 Å². The Labute approximate surface area is 170 Å². The number of aliphatic carboxylic acids is 1. The monoisotopic (exact) mass is 398 g/mol. The van der Waals surface area contributed by atoms with Crippen molar-refractivity contribution in [2.75, 3.05) is 20.0 Å². The Hall–Kier alpha value is -2.73. The zero-order chi connectivity index (χ0) is 20.4. The van der Waals surface area contributed by atoms with E-state index in [0.717, 1.165) is 24.0 Å². The first kappa shape index (κ1) is 19.6. The van der Waals surface area contributed by atoms with Crippen molar-refractivity contribution in [3.63, 3.8) is 0 Å². The standard InChI is InChI=1S/C23H26O6/c1-3-9-26-19-13-21-20(27-14-28-21)12-17(19)23(29-10-4-2)16-8-6-5-7-15(16)11-18(23)22(24)25/h5-8,12-13,18H,3-4,9-11,14H2,1-2H3,(H,24,25). The number of rotatable bonds is 8. The number of carbonyl (C=O) groups is 1. The van der Waals surface area contributed by atoms with Gasteiger partial charge in [0.1, 0.15) is 11.4 Å². The maximum absolute atomic E-state index is 12.4. The van der Waals surface area contributed by atoms with Crippen LogP contribution in [0.3, 0.4) is 0 Å². The molecule has 6 nitrogen and oxygen atoms in total. The average molecular weight is 398 g/mol. The van der Waals surface area contributed by atoms with Crippen LogP contribution in [0.2, 0.25) is 0 Å². The first-order valence-electron chi connectivity index (χ1n) is 10.1. The topological polar surface area (TPSA) is 74.2 Å². The molecule has 2 aromatic rings. The molecular weight excluding hydrogens is 372 g/mol. The van der Waals surface area contributed by atoms with E-state index in [1.54, 1.807) is 6.07 Å². The highest BCUT2D eigenvalue weighted by Crippen LogP contribution is 2.54. The highest BCUT2D eigenvalue weighted by Gasteiger charge is 2.54. The van der Waals surface area contributed by atoms with Crippen molar-refractivity contribution in [3.05, 3.63) is 53.1 Å². The Kier molecular flexibility index (Phi) is 5.37. The van der Waals surface area contributed by atoms with E-state index in [1.807, 2.05) is 44.2 Å². The predicted molar refractivity (Wildman–Crippen MR) is 107 cm³/mol. The second kappa shape index (κ2) is 7.95. The molecule has 0 fully saturated rings. The average Bonchev–Trinajstić information content (AvgIpc) is 3.32. The molecule has 1 N–H and O–H groups in total. The Bertz CT molecular complexity index is 908. The summed E-state index contributed by atoms with van der Waals surface area (Å²) in [5.74, 6) is 0.0999. The van der Waals surface area contributed by atoms with Crippen molar-refractivity contribution >= 4 is 5.97 Å². The fraction of sp³-hybridized carbons (Fsp3) is 0.435. The van der Waals surface area contributed by atoms with Gasteiger partial charge in [-0.05, 0) is 36.5 Å². The van der Waals surface area contributed by atoms with Gasteiger partial charge < -0.3 is 24.1 Å². The van der Waals surface area contributed by atoms with Crippen LogP contribution < -0.4 is 14.2 Å². The van der Waals surface area contributed by atoms with Gasteiger partial charge in [-0.1, -0.05) is 38.1 Å². The normalized spacial score (nSPS) is 21.8. The molecule has 0 radical (unpaired) electrons.